The van der Waals surface area contributed by atoms with Crippen LogP contribution < -0.4 is 0 Å². The average Bonchev–Trinajstić information content (AvgIpc) is 3.23. The van der Waals surface area contributed by atoms with Crippen LogP contribution in [0.2, 0.25) is 0 Å². The minimum Gasteiger partial charge on any atom is -0.343 e. The van der Waals surface area contributed by atoms with Gasteiger partial charge in [-0.25, -0.2) is 9.97 Å². The van der Waals surface area contributed by atoms with Gasteiger partial charge in [-0.1, -0.05) is 17.8 Å². The molecular weight excluding hydrogens is 377 g/mol. The smallest absolute Gasteiger partial charge is 0.343 e. The number of hydrogen-bond donors (Lipinski definition) is 0. The Hall–Kier alpha value is -1.49. The van der Waals surface area contributed by atoms with Gasteiger partial charge in [0, 0.05) is 11.7 Å². The van der Waals surface area contributed by atoms with Gasteiger partial charge in [-0.15, -0.1) is 11.3 Å². The van der Waals surface area contributed by atoms with E-state index in [4.69, 9.17) is 9.47 Å². The molecule has 0 aliphatic carbocycles. The fourth-order valence-corrected chi connectivity index (χ4v) is 4.44. The summed E-state index contributed by atoms with van der Waals surface area (Å²) >= 11 is 2.32. The Labute approximate surface area is 148 Å². The van der Waals surface area contributed by atoms with Gasteiger partial charge in [0.05, 0.1) is 23.3 Å². The normalized spacial score (nSPS) is 26.2. The lowest BCUT2D eigenvalue weighted by Gasteiger charge is -2.25. The van der Waals surface area contributed by atoms with Gasteiger partial charge in [0.2, 0.25) is 6.29 Å². The zero-order valence-electron chi connectivity index (χ0n) is 12.5. The highest BCUT2D eigenvalue weighted by Crippen LogP contribution is 2.38. The maximum absolute atomic E-state index is 13.2. The molecule has 0 N–H and O–H groups in total. The maximum atomic E-state index is 13.2. The molecule has 2 fully saturated rings. The molecule has 4 heterocycles. The van der Waals surface area contributed by atoms with Crippen molar-refractivity contribution >= 4 is 28.9 Å². The maximum Gasteiger partial charge on any atom is 0.433 e. The van der Waals surface area contributed by atoms with E-state index < -0.39 is 18.2 Å². The van der Waals surface area contributed by atoms with Crippen molar-refractivity contribution in [3.05, 3.63) is 29.3 Å². The van der Waals surface area contributed by atoms with E-state index in [0.717, 1.165) is 17.8 Å². The number of nitrogens with zero attached hydrogens (tertiary/aromatic N) is 2. The number of carbonyl (C=O) groups is 1. The van der Waals surface area contributed by atoms with Crippen molar-refractivity contribution in [1.29, 1.82) is 0 Å². The number of Topliss-reactive ketones (excluding diaryl/α,β-unsaturated/α-hetero) is 1. The number of alkyl halides is 3. The first-order valence-corrected chi connectivity index (χ1v) is 9.12. The van der Waals surface area contributed by atoms with Crippen molar-refractivity contribution in [2.45, 2.75) is 35.4 Å². The second kappa shape index (κ2) is 6.35. The number of rotatable bonds is 3. The van der Waals surface area contributed by atoms with Crippen LogP contribution in [0.1, 0.15) is 12.1 Å². The molecule has 3 atom stereocenters. The molecule has 0 saturated carbocycles. The molecule has 0 spiro atoms. The zero-order chi connectivity index (χ0) is 17.6. The lowest BCUT2D eigenvalue weighted by Crippen LogP contribution is -2.37. The van der Waals surface area contributed by atoms with Crippen molar-refractivity contribution in [1.82, 2.24) is 9.97 Å². The van der Waals surface area contributed by atoms with Crippen LogP contribution in [0.4, 0.5) is 13.2 Å². The van der Waals surface area contributed by atoms with Crippen LogP contribution in [0.5, 0.6) is 0 Å². The molecule has 2 aliphatic heterocycles. The van der Waals surface area contributed by atoms with Gasteiger partial charge in [0.1, 0.15) is 5.69 Å². The molecular formula is C15H11F3N2O3S2. The third kappa shape index (κ3) is 3.43. The molecule has 2 aromatic rings. The summed E-state index contributed by atoms with van der Waals surface area (Å²) in [5, 5.41) is 1.37. The van der Waals surface area contributed by atoms with Crippen LogP contribution in [0.15, 0.2) is 28.7 Å². The van der Waals surface area contributed by atoms with Gasteiger partial charge in [-0.05, 0) is 17.5 Å². The van der Waals surface area contributed by atoms with Gasteiger partial charge in [0.15, 0.2) is 10.9 Å². The first kappa shape index (κ1) is 17.0. The quantitative estimate of drug-likeness (QED) is 0.751. The van der Waals surface area contributed by atoms with Crippen LogP contribution in [-0.4, -0.2) is 40.0 Å². The number of ketones is 1. The number of hydrogen-bond acceptors (Lipinski definition) is 7. The van der Waals surface area contributed by atoms with Crippen LogP contribution in [0, 0.1) is 0 Å². The van der Waals surface area contributed by atoms with E-state index in [1.54, 1.807) is 17.5 Å². The summed E-state index contributed by atoms with van der Waals surface area (Å²) in [5.41, 5.74) is -0.791. The lowest BCUT2D eigenvalue weighted by atomic mass is 10.1. The molecule has 25 heavy (non-hydrogen) atoms. The molecule has 3 unspecified atom stereocenters. The van der Waals surface area contributed by atoms with E-state index in [1.165, 1.54) is 11.3 Å². The number of carbonyl (C=O) groups excluding carboxylic acids is 1. The molecule has 10 heteroatoms. The highest BCUT2D eigenvalue weighted by Gasteiger charge is 2.44. The van der Waals surface area contributed by atoms with Crippen molar-refractivity contribution < 1.29 is 27.4 Å². The van der Waals surface area contributed by atoms with Crippen molar-refractivity contribution in [3.8, 4) is 10.6 Å². The van der Waals surface area contributed by atoms with Crippen LogP contribution in [0.25, 0.3) is 10.6 Å². The Morgan fingerprint density at radius 2 is 2.16 bits per heavy atom. The summed E-state index contributed by atoms with van der Waals surface area (Å²) in [6, 6.07) is 4.38. The van der Waals surface area contributed by atoms with Crippen LogP contribution >= 0.6 is 23.1 Å². The van der Waals surface area contributed by atoms with E-state index in [-0.39, 0.29) is 41.0 Å². The summed E-state index contributed by atoms with van der Waals surface area (Å²) in [7, 11) is 0. The lowest BCUT2D eigenvalue weighted by molar-refractivity contribution is -0.151. The number of thioether (sulfide) groups is 1. The predicted molar refractivity (Wildman–Crippen MR) is 84.2 cm³/mol. The Bertz CT molecular complexity index is 798. The molecule has 0 aromatic carbocycles. The number of ether oxygens (including phenoxy) is 2. The van der Waals surface area contributed by atoms with E-state index in [0.29, 0.717) is 4.88 Å². The molecule has 5 nitrogen and oxygen atoms in total. The molecule has 2 aromatic heterocycles. The molecule has 4 rings (SSSR count). The largest absolute Gasteiger partial charge is 0.433 e. The summed E-state index contributed by atoms with van der Waals surface area (Å²) in [4.78, 5) is 20.4. The molecule has 132 valence electrons. The van der Waals surface area contributed by atoms with Crippen LogP contribution in [0.3, 0.4) is 0 Å². The summed E-state index contributed by atoms with van der Waals surface area (Å²) in [5.74, 6) is -0.211. The summed E-state index contributed by atoms with van der Waals surface area (Å²) in [6.07, 6.45) is -5.61. The Morgan fingerprint density at radius 1 is 1.32 bits per heavy atom. The van der Waals surface area contributed by atoms with E-state index in [1.807, 2.05) is 0 Å². The Kier molecular flexibility index (Phi) is 4.30. The average molecular weight is 388 g/mol. The molecule has 0 radical (unpaired) electrons. The predicted octanol–water partition coefficient (Wildman–Crippen LogP) is 3.40. The van der Waals surface area contributed by atoms with Gasteiger partial charge >= 0.3 is 6.18 Å². The number of fused-ring (bicyclic) bond motifs is 2. The fraction of sp³-hybridized carbons (Fsp3) is 0.400. The monoisotopic (exact) mass is 388 g/mol. The summed E-state index contributed by atoms with van der Waals surface area (Å²) < 4.78 is 50.2. The molecule has 2 bridgehead atoms. The second-order valence-electron chi connectivity index (χ2n) is 5.56. The van der Waals surface area contributed by atoms with Gasteiger partial charge in [-0.2, -0.15) is 13.2 Å². The van der Waals surface area contributed by atoms with Crippen molar-refractivity contribution in [2.24, 2.45) is 0 Å². The molecule has 2 aliphatic rings. The number of thiophene rings is 1. The molecule has 0 amide bonds. The fourth-order valence-electron chi connectivity index (χ4n) is 2.64. The van der Waals surface area contributed by atoms with Crippen molar-refractivity contribution in [2.75, 3.05) is 6.61 Å². The Morgan fingerprint density at radius 3 is 2.88 bits per heavy atom. The SMILES string of the molecule is O=C1CC(Sc2nc(-c3cccs3)cc(C(F)(F)F)n2)C2COC1O2. The topological polar surface area (TPSA) is 61.3 Å². The molecule has 2 saturated heterocycles. The first-order chi connectivity index (χ1) is 11.9. The van der Waals surface area contributed by atoms with Gasteiger partial charge < -0.3 is 9.47 Å². The minimum atomic E-state index is -4.58. The van der Waals surface area contributed by atoms with E-state index in [9.17, 15) is 18.0 Å². The standard InChI is InChI=1S/C15H11F3N2O3S2/c16-15(17,18)12-4-7(10-2-1-3-24-10)19-14(20-12)25-11-5-8(21)13-22-6-9(11)23-13/h1-4,9,11,13H,5-6H2. The Balaban J connectivity index is 1.66. The second-order valence-corrected chi connectivity index (χ2v) is 7.72. The van der Waals surface area contributed by atoms with Gasteiger partial charge in [0.25, 0.3) is 0 Å². The van der Waals surface area contributed by atoms with E-state index >= 15 is 0 Å². The first-order valence-electron chi connectivity index (χ1n) is 7.37. The minimum absolute atomic E-state index is 0.0232. The zero-order valence-corrected chi connectivity index (χ0v) is 14.2. The van der Waals surface area contributed by atoms with Gasteiger partial charge in [-0.3, -0.25) is 4.79 Å². The third-order valence-electron chi connectivity index (χ3n) is 3.82. The highest BCUT2D eigenvalue weighted by molar-refractivity contribution is 7.99. The number of aromatic nitrogens is 2. The van der Waals surface area contributed by atoms with Crippen molar-refractivity contribution in [3.63, 3.8) is 0 Å². The van der Waals surface area contributed by atoms with Crippen LogP contribution in [-0.2, 0) is 20.4 Å². The van der Waals surface area contributed by atoms with E-state index in [2.05, 4.69) is 9.97 Å². The third-order valence-corrected chi connectivity index (χ3v) is 5.88. The highest BCUT2D eigenvalue weighted by atomic mass is 32.2. The summed E-state index contributed by atoms with van der Waals surface area (Å²) in [6.45, 7) is 0.241. The number of halogens is 3.